The van der Waals surface area contributed by atoms with E-state index in [1.54, 1.807) is 14.2 Å². The first-order valence-electron chi connectivity index (χ1n) is 11.3. The van der Waals surface area contributed by atoms with Crippen LogP contribution in [0.5, 0.6) is 17.4 Å². The molecule has 9 heteroatoms. The predicted octanol–water partition coefficient (Wildman–Crippen LogP) is 3.84. The maximum atomic E-state index is 5.55. The lowest BCUT2D eigenvalue weighted by Crippen LogP contribution is -2.44. The molecule has 8 nitrogen and oxygen atoms in total. The summed E-state index contributed by atoms with van der Waals surface area (Å²) in [4.78, 5) is 11.4. The fourth-order valence-corrected chi connectivity index (χ4v) is 3.57. The Kier molecular flexibility index (Phi) is 11.4. The molecular weight excluding hydrogens is 533 g/mol. The van der Waals surface area contributed by atoms with E-state index in [0.717, 1.165) is 61.2 Å². The molecule has 1 aliphatic rings. The Bertz CT molecular complexity index is 857. The van der Waals surface area contributed by atoms with Crippen molar-refractivity contribution in [1.29, 1.82) is 0 Å². The number of hydrogen-bond donors (Lipinski definition) is 2. The molecule has 0 aliphatic carbocycles. The van der Waals surface area contributed by atoms with Crippen LogP contribution in [-0.2, 0) is 6.54 Å². The number of halogens is 1. The van der Waals surface area contributed by atoms with Gasteiger partial charge in [-0.15, -0.1) is 24.0 Å². The minimum absolute atomic E-state index is 0. The summed E-state index contributed by atoms with van der Waals surface area (Å²) in [7, 11) is 3.35. The third kappa shape index (κ3) is 8.13. The van der Waals surface area contributed by atoms with Crippen LogP contribution in [0.1, 0.15) is 32.3 Å². The zero-order chi connectivity index (χ0) is 22.8. The highest BCUT2D eigenvalue weighted by atomic mass is 127. The number of anilines is 1. The van der Waals surface area contributed by atoms with E-state index in [9.17, 15) is 0 Å². The number of aliphatic imine (C=N–C) groups is 1. The monoisotopic (exact) mass is 569 g/mol. The number of nitrogens with zero attached hydrogens (tertiary/aromatic N) is 3. The van der Waals surface area contributed by atoms with Crippen LogP contribution >= 0.6 is 24.0 Å². The second kappa shape index (κ2) is 14.0. The van der Waals surface area contributed by atoms with Gasteiger partial charge in [-0.3, -0.25) is 0 Å². The van der Waals surface area contributed by atoms with Gasteiger partial charge >= 0.3 is 0 Å². The fraction of sp³-hybridized carbons (Fsp3) is 0.500. The molecule has 1 aromatic heterocycles. The van der Waals surface area contributed by atoms with Gasteiger partial charge in [0.25, 0.3) is 0 Å². The van der Waals surface area contributed by atoms with Gasteiger partial charge in [0.2, 0.25) is 5.88 Å². The lowest BCUT2D eigenvalue weighted by Gasteiger charge is -2.21. The molecule has 0 bridgehead atoms. The Hall–Kier alpha value is -2.43. The van der Waals surface area contributed by atoms with Crippen molar-refractivity contribution < 1.29 is 14.2 Å². The summed E-state index contributed by atoms with van der Waals surface area (Å²) in [6, 6.07) is 10.2. The molecule has 0 saturated carbocycles. The number of guanidine groups is 1. The van der Waals surface area contributed by atoms with Crippen molar-refractivity contribution in [3.8, 4) is 17.4 Å². The second-order valence-corrected chi connectivity index (χ2v) is 7.70. The number of aromatic nitrogens is 1. The van der Waals surface area contributed by atoms with E-state index in [2.05, 4.69) is 34.4 Å². The summed E-state index contributed by atoms with van der Waals surface area (Å²) in [6.45, 7) is 8.02. The number of nitrogens with one attached hydrogen (secondary N) is 2. The molecule has 0 spiro atoms. The standard InChI is InChI=1S/C24H35N5O3.HI/c1-5-11-32-23-8-7-18(15-26-23)16-27-24(25-6-2)28-19-9-10-29(17-19)20-12-21(30-3)14-22(13-20)31-4;/h7-8,12-15,19H,5-6,9-11,16-17H2,1-4H3,(H2,25,27,28);1H. The van der Waals surface area contributed by atoms with Gasteiger partial charge in [0, 0.05) is 61.8 Å². The maximum Gasteiger partial charge on any atom is 0.213 e. The van der Waals surface area contributed by atoms with Crippen LogP contribution in [-0.4, -0.2) is 57.4 Å². The van der Waals surface area contributed by atoms with Crippen molar-refractivity contribution in [2.45, 2.75) is 39.3 Å². The minimum atomic E-state index is 0. The smallest absolute Gasteiger partial charge is 0.213 e. The van der Waals surface area contributed by atoms with Crippen LogP contribution in [0.3, 0.4) is 0 Å². The fourth-order valence-electron chi connectivity index (χ4n) is 3.57. The molecule has 1 fully saturated rings. The van der Waals surface area contributed by atoms with Crippen molar-refractivity contribution in [2.75, 3.05) is 45.4 Å². The molecule has 1 atom stereocenters. The Labute approximate surface area is 214 Å². The summed E-state index contributed by atoms with van der Waals surface area (Å²) in [5.41, 5.74) is 2.14. The molecule has 0 radical (unpaired) electrons. The van der Waals surface area contributed by atoms with Gasteiger partial charge in [-0.05, 0) is 25.3 Å². The average molecular weight is 569 g/mol. The summed E-state index contributed by atoms with van der Waals surface area (Å²) in [5, 5.41) is 6.92. The summed E-state index contributed by atoms with van der Waals surface area (Å²) < 4.78 is 16.4. The van der Waals surface area contributed by atoms with E-state index in [-0.39, 0.29) is 24.0 Å². The van der Waals surface area contributed by atoms with Crippen LogP contribution in [0.15, 0.2) is 41.5 Å². The highest BCUT2D eigenvalue weighted by molar-refractivity contribution is 14.0. The van der Waals surface area contributed by atoms with Crippen LogP contribution in [0, 0.1) is 0 Å². The van der Waals surface area contributed by atoms with Crippen molar-refractivity contribution in [3.05, 3.63) is 42.1 Å². The zero-order valence-electron chi connectivity index (χ0n) is 20.0. The maximum absolute atomic E-state index is 5.55. The van der Waals surface area contributed by atoms with E-state index >= 15 is 0 Å². The van der Waals surface area contributed by atoms with E-state index in [4.69, 9.17) is 19.2 Å². The third-order valence-electron chi connectivity index (χ3n) is 5.25. The molecule has 3 rings (SSSR count). The molecule has 33 heavy (non-hydrogen) atoms. The first-order chi connectivity index (χ1) is 15.6. The Morgan fingerprint density at radius 2 is 1.91 bits per heavy atom. The molecule has 1 aliphatic heterocycles. The number of ether oxygens (including phenoxy) is 3. The van der Waals surface area contributed by atoms with Gasteiger partial charge in [0.05, 0.1) is 27.4 Å². The van der Waals surface area contributed by atoms with Gasteiger partial charge in [-0.25, -0.2) is 9.98 Å². The molecular formula is C24H36IN5O3. The molecule has 2 N–H and O–H groups in total. The average Bonchev–Trinajstić information content (AvgIpc) is 3.30. The van der Waals surface area contributed by atoms with Crippen molar-refractivity contribution in [3.63, 3.8) is 0 Å². The highest BCUT2D eigenvalue weighted by Crippen LogP contribution is 2.30. The van der Waals surface area contributed by atoms with Crippen LogP contribution in [0.25, 0.3) is 0 Å². The Morgan fingerprint density at radius 1 is 1.15 bits per heavy atom. The SMILES string of the molecule is CCCOc1ccc(CN=C(NCC)NC2CCN(c3cc(OC)cc(OC)c3)C2)cn1.I. The summed E-state index contributed by atoms with van der Waals surface area (Å²) in [6.07, 6.45) is 3.82. The quantitative estimate of drug-likeness (QED) is 0.256. The van der Waals surface area contributed by atoms with E-state index in [1.165, 1.54) is 0 Å². The topological polar surface area (TPSA) is 80.2 Å². The number of pyridine rings is 1. The minimum Gasteiger partial charge on any atom is -0.497 e. The second-order valence-electron chi connectivity index (χ2n) is 7.70. The van der Waals surface area contributed by atoms with Crippen LogP contribution < -0.4 is 29.7 Å². The van der Waals surface area contributed by atoms with Crippen molar-refractivity contribution in [2.24, 2.45) is 4.99 Å². The largest absolute Gasteiger partial charge is 0.497 e. The van der Waals surface area contributed by atoms with Gasteiger partial charge in [0.1, 0.15) is 11.5 Å². The lowest BCUT2D eigenvalue weighted by atomic mass is 10.2. The molecule has 0 amide bonds. The normalized spacial score (nSPS) is 15.6. The van der Waals surface area contributed by atoms with Crippen molar-refractivity contribution in [1.82, 2.24) is 15.6 Å². The lowest BCUT2D eigenvalue weighted by molar-refractivity contribution is 0.305. The molecule has 182 valence electrons. The molecule has 2 aromatic rings. The highest BCUT2D eigenvalue weighted by Gasteiger charge is 2.24. The van der Waals surface area contributed by atoms with E-state index in [0.29, 0.717) is 25.1 Å². The van der Waals surface area contributed by atoms with Crippen LogP contribution in [0.4, 0.5) is 5.69 Å². The Morgan fingerprint density at radius 3 is 2.52 bits per heavy atom. The first-order valence-corrected chi connectivity index (χ1v) is 11.3. The first kappa shape index (κ1) is 26.8. The van der Waals surface area contributed by atoms with Gasteiger partial charge in [-0.2, -0.15) is 0 Å². The number of methoxy groups -OCH3 is 2. The molecule has 1 saturated heterocycles. The molecule has 2 heterocycles. The van der Waals surface area contributed by atoms with Gasteiger partial charge < -0.3 is 29.7 Å². The van der Waals surface area contributed by atoms with Gasteiger partial charge in [-0.1, -0.05) is 13.0 Å². The number of benzene rings is 1. The summed E-state index contributed by atoms with van der Waals surface area (Å²) >= 11 is 0. The molecule has 1 unspecified atom stereocenters. The third-order valence-corrected chi connectivity index (χ3v) is 5.25. The number of rotatable bonds is 10. The molecule has 1 aromatic carbocycles. The number of hydrogen-bond acceptors (Lipinski definition) is 6. The zero-order valence-corrected chi connectivity index (χ0v) is 22.3. The Balaban J connectivity index is 0.00000385. The van der Waals surface area contributed by atoms with Crippen molar-refractivity contribution >= 4 is 35.6 Å². The summed E-state index contributed by atoms with van der Waals surface area (Å²) in [5.74, 6) is 3.06. The van der Waals surface area contributed by atoms with Crippen LogP contribution in [0.2, 0.25) is 0 Å². The van der Waals surface area contributed by atoms with E-state index in [1.807, 2.05) is 36.5 Å². The van der Waals surface area contributed by atoms with E-state index < -0.39 is 0 Å². The predicted molar refractivity (Wildman–Crippen MR) is 144 cm³/mol. The van der Waals surface area contributed by atoms with Gasteiger partial charge in [0.15, 0.2) is 5.96 Å².